The average Bonchev–Trinajstić information content (AvgIpc) is 2.84. The summed E-state index contributed by atoms with van der Waals surface area (Å²) in [4.78, 5) is 4.40. The average molecular weight is 269 g/mol. The molecule has 2 aliphatic heterocycles. The predicted molar refractivity (Wildman–Crippen MR) is 69.0 cm³/mol. The number of nitrogens with zero attached hydrogens (tertiary/aromatic N) is 2. The van der Waals surface area contributed by atoms with E-state index in [0.29, 0.717) is 12.2 Å². The summed E-state index contributed by atoms with van der Waals surface area (Å²) < 4.78 is 25.9. The number of aromatic nitrogens is 2. The maximum Gasteiger partial charge on any atom is 0.153 e. The molecular weight excluding hydrogens is 250 g/mol. The summed E-state index contributed by atoms with van der Waals surface area (Å²) in [7, 11) is -2.88. The van der Waals surface area contributed by atoms with E-state index >= 15 is 0 Å². The quantitative estimate of drug-likeness (QED) is 0.836. The third-order valence-corrected chi connectivity index (χ3v) is 6.36. The van der Waals surface area contributed by atoms with E-state index in [2.05, 4.69) is 9.55 Å². The molecule has 2 unspecified atom stereocenters. The lowest BCUT2D eigenvalue weighted by molar-refractivity contribution is 0.458. The highest BCUT2D eigenvalue weighted by atomic mass is 32.2. The van der Waals surface area contributed by atoms with E-state index in [1.54, 1.807) is 0 Å². The number of hydrogen-bond donors (Lipinski definition) is 1. The fourth-order valence-corrected chi connectivity index (χ4v) is 4.84. The first-order valence-electron chi connectivity index (χ1n) is 6.57. The Bertz CT molecular complexity index is 550. The zero-order chi connectivity index (χ0) is 12.8. The van der Waals surface area contributed by atoms with E-state index < -0.39 is 9.84 Å². The van der Waals surface area contributed by atoms with Gasteiger partial charge in [0, 0.05) is 37.3 Å². The van der Waals surface area contributed by atoms with Gasteiger partial charge in [0.15, 0.2) is 9.84 Å². The van der Waals surface area contributed by atoms with Crippen molar-refractivity contribution in [2.24, 2.45) is 5.73 Å². The minimum Gasteiger partial charge on any atom is -0.332 e. The van der Waals surface area contributed by atoms with Crippen molar-refractivity contribution in [2.75, 3.05) is 5.75 Å². The van der Waals surface area contributed by atoms with Gasteiger partial charge in [0.1, 0.15) is 5.82 Å². The molecule has 1 aromatic rings. The van der Waals surface area contributed by atoms with Gasteiger partial charge < -0.3 is 10.3 Å². The van der Waals surface area contributed by atoms with Crippen LogP contribution in [0.1, 0.15) is 30.8 Å². The van der Waals surface area contributed by atoms with Crippen molar-refractivity contribution in [1.82, 2.24) is 9.55 Å². The van der Waals surface area contributed by atoms with Crippen molar-refractivity contribution in [1.29, 1.82) is 0 Å². The van der Waals surface area contributed by atoms with Crippen LogP contribution in [0.3, 0.4) is 0 Å². The number of fused-ring (bicyclic) bond motifs is 1. The summed E-state index contributed by atoms with van der Waals surface area (Å²) in [5.41, 5.74) is 7.08. The van der Waals surface area contributed by atoms with Crippen LogP contribution >= 0.6 is 0 Å². The second kappa shape index (κ2) is 4.35. The van der Waals surface area contributed by atoms with E-state index in [4.69, 9.17) is 5.73 Å². The van der Waals surface area contributed by atoms with Crippen molar-refractivity contribution >= 4 is 9.84 Å². The highest BCUT2D eigenvalue weighted by Gasteiger charge is 2.33. The lowest BCUT2D eigenvalue weighted by atomic mass is 10.1. The smallest absolute Gasteiger partial charge is 0.153 e. The second-order valence-electron chi connectivity index (χ2n) is 5.41. The molecule has 0 aromatic carbocycles. The van der Waals surface area contributed by atoms with Crippen LogP contribution in [0.25, 0.3) is 0 Å². The van der Waals surface area contributed by atoms with Crippen LogP contribution in [-0.4, -0.2) is 35.0 Å². The van der Waals surface area contributed by atoms with Gasteiger partial charge in [0.2, 0.25) is 0 Å². The predicted octanol–water partition coefficient (Wildman–Crippen LogP) is 0.276. The number of rotatable bonds is 2. The van der Waals surface area contributed by atoms with E-state index in [1.807, 2.05) is 6.20 Å². The van der Waals surface area contributed by atoms with Gasteiger partial charge in [0.05, 0.1) is 11.0 Å². The minimum atomic E-state index is -2.88. The largest absolute Gasteiger partial charge is 0.332 e. The molecule has 0 amide bonds. The minimum absolute atomic E-state index is 0.220. The molecule has 0 saturated carbocycles. The Labute approximate surface area is 107 Å². The Kier molecular flexibility index (Phi) is 2.94. The molecule has 2 N–H and O–H groups in total. The second-order valence-corrected chi connectivity index (χ2v) is 7.81. The van der Waals surface area contributed by atoms with E-state index in [9.17, 15) is 8.42 Å². The van der Waals surface area contributed by atoms with Crippen molar-refractivity contribution in [2.45, 2.75) is 49.9 Å². The lowest BCUT2D eigenvalue weighted by Gasteiger charge is -2.22. The van der Waals surface area contributed by atoms with Crippen LogP contribution in [0.5, 0.6) is 0 Å². The first-order chi connectivity index (χ1) is 8.56. The van der Waals surface area contributed by atoms with Crippen molar-refractivity contribution in [3.05, 3.63) is 17.7 Å². The summed E-state index contributed by atoms with van der Waals surface area (Å²) in [5, 5.41) is -0.223. The normalized spacial score (nSPS) is 30.3. The van der Waals surface area contributed by atoms with Crippen molar-refractivity contribution < 1.29 is 8.42 Å². The van der Waals surface area contributed by atoms with E-state index in [1.165, 1.54) is 0 Å². The first-order valence-corrected chi connectivity index (χ1v) is 8.28. The topological polar surface area (TPSA) is 78.0 Å². The van der Waals surface area contributed by atoms with Gasteiger partial charge in [0.25, 0.3) is 0 Å². The Morgan fingerprint density at radius 2 is 2.28 bits per heavy atom. The molecular formula is C12H19N3O2S. The highest BCUT2D eigenvalue weighted by molar-refractivity contribution is 7.92. The van der Waals surface area contributed by atoms with Gasteiger partial charge in [-0.25, -0.2) is 13.4 Å². The maximum atomic E-state index is 11.9. The number of nitrogens with two attached hydrogens (primary N) is 1. The summed E-state index contributed by atoms with van der Waals surface area (Å²) in [6.45, 7) is 0.874. The molecule has 0 radical (unpaired) electrons. The Hall–Kier alpha value is -0.880. The summed E-state index contributed by atoms with van der Waals surface area (Å²) in [6.07, 6.45) is 5.81. The summed E-state index contributed by atoms with van der Waals surface area (Å²) in [5.74, 6) is 1.27. The van der Waals surface area contributed by atoms with Gasteiger partial charge in [-0.05, 0) is 19.3 Å². The third-order valence-electron chi connectivity index (χ3n) is 4.09. The van der Waals surface area contributed by atoms with Crippen LogP contribution in [0, 0.1) is 0 Å². The van der Waals surface area contributed by atoms with Gasteiger partial charge in [-0.15, -0.1) is 0 Å². The molecule has 0 spiro atoms. The fraction of sp³-hybridized carbons (Fsp3) is 0.750. The van der Waals surface area contributed by atoms with Gasteiger partial charge in [-0.1, -0.05) is 0 Å². The maximum absolute atomic E-state index is 11.9. The van der Waals surface area contributed by atoms with Crippen LogP contribution in [-0.2, 0) is 29.2 Å². The molecule has 1 aromatic heterocycles. The van der Waals surface area contributed by atoms with Crippen LogP contribution in [0.4, 0.5) is 0 Å². The van der Waals surface area contributed by atoms with E-state index in [0.717, 1.165) is 43.7 Å². The summed E-state index contributed by atoms with van der Waals surface area (Å²) in [6, 6.07) is 0.220. The molecule has 5 nitrogen and oxygen atoms in total. The standard InChI is InChI=1S/C12H19N3O2S/c13-9-3-4-15-10(6-9)8-14-12(15)7-11-2-1-5-18(11,16)17/h8-9,11H,1-7,13H2. The molecule has 18 heavy (non-hydrogen) atoms. The van der Waals surface area contributed by atoms with Crippen molar-refractivity contribution in [3.63, 3.8) is 0 Å². The molecule has 1 fully saturated rings. The van der Waals surface area contributed by atoms with Crippen LogP contribution in [0.2, 0.25) is 0 Å². The van der Waals surface area contributed by atoms with Crippen molar-refractivity contribution in [3.8, 4) is 0 Å². The number of sulfone groups is 1. The van der Waals surface area contributed by atoms with Crippen LogP contribution in [0.15, 0.2) is 6.20 Å². The molecule has 3 heterocycles. The van der Waals surface area contributed by atoms with Gasteiger partial charge >= 0.3 is 0 Å². The highest BCUT2D eigenvalue weighted by Crippen LogP contribution is 2.25. The van der Waals surface area contributed by atoms with Gasteiger partial charge in [-0.2, -0.15) is 0 Å². The fourth-order valence-electron chi connectivity index (χ4n) is 3.01. The zero-order valence-electron chi connectivity index (χ0n) is 10.4. The molecule has 1 saturated heterocycles. The number of hydrogen-bond acceptors (Lipinski definition) is 4. The summed E-state index contributed by atoms with van der Waals surface area (Å²) >= 11 is 0. The molecule has 100 valence electrons. The third kappa shape index (κ3) is 2.07. The Morgan fingerprint density at radius 3 is 3.00 bits per heavy atom. The molecule has 6 heteroatoms. The SMILES string of the molecule is NC1CCn2c(cnc2CC2CCCS2(=O)=O)C1. The zero-order valence-corrected chi connectivity index (χ0v) is 11.2. The molecule has 3 rings (SSSR count). The van der Waals surface area contributed by atoms with Gasteiger partial charge in [-0.3, -0.25) is 0 Å². The molecule has 0 bridgehead atoms. The lowest BCUT2D eigenvalue weighted by Crippen LogP contribution is -2.31. The number of imidazole rings is 1. The van der Waals surface area contributed by atoms with Crippen LogP contribution < -0.4 is 5.73 Å². The van der Waals surface area contributed by atoms with E-state index in [-0.39, 0.29) is 11.3 Å². The monoisotopic (exact) mass is 269 g/mol. The Balaban J connectivity index is 1.82. The first kappa shape index (κ1) is 12.2. The Morgan fingerprint density at radius 1 is 1.44 bits per heavy atom. The molecule has 0 aliphatic carbocycles. The molecule has 2 atom stereocenters. The molecule has 2 aliphatic rings.